The van der Waals surface area contributed by atoms with Gasteiger partial charge in [-0.1, -0.05) is 16.7 Å². The Morgan fingerprint density at radius 3 is 2.72 bits per heavy atom. The van der Waals surface area contributed by atoms with E-state index in [0.29, 0.717) is 17.1 Å². The van der Waals surface area contributed by atoms with Crippen LogP contribution in [-0.4, -0.2) is 16.1 Å². The summed E-state index contributed by atoms with van der Waals surface area (Å²) in [5, 5.41) is 9.82. The first-order valence-electron chi connectivity index (χ1n) is 5.29. The Bertz CT molecular complexity index is 579. The van der Waals surface area contributed by atoms with Crippen molar-refractivity contribution in [3.8, 4) is 0 Å². The highest BCUT2D eigenvalue weighted by Crippen LogP contribution is 2.17. The number of hydrogen-bond acceptors (Lipinski definition) is 6. The lowest BCUT2D eigenvalue weighted by atomic mass is 10.1. The molecule has 7 nitrogen and oxygen atoms in total. The molecule has 0 saturated carbocycles. The minimum absolute atomic E-state index is 0.0574. The normalized spacial score (nSPS) is 10.2. The second kappa shape index (κ2) is 4.84. The number of hydrogen-bond donors (Lipinski definition) is 3. The standard InChI is InChI=1S/C11H13N5O2/c1-6-3-4-9(14-12)8(5-6)10(17)13-11-16-15-7(2)18-11/h3-5,14H,12H2,1-2H3,(H,13,16,17). The molecule has 0 radical (unpaired) electrons. The van der Waals surface area contributed by atoms with Crippen LogP contribution in [0.3, 0.4) is 0 Å². The SMILES string of the molecule is Cc1ccc(NN)c(C(=O)Nc2nnc(C)o2)c1. The van der Waals surface area contributed by atoms with Gasteiger partial charge in [0.15, 0.2) is 0 Å². The maximum Gasteiger partial charge on any atom is 0.322 e. The summed E-state index contributed by atoms with van der Waals surface area (Å²) in [6.07, 6.45) is 0. The van der Waals surface area contributed by atoms with E-state index in [-0.39, 0.29) is 11.9 Å². The van der Waals surface area contributed by atoms with Crippen molar-refractivity contribution in [1.82, 2.24) is 10.2 Å². The fraction of sp³-hybridized carbons (Fsp3) is 0.182. The highest BCUT2D eigenvalue weighted by atomic mass is 16.4. The number of rotatable bonds is 3. The van der Waals surface area contributed by atoms with Crippen molar-refractivity contribution < 1.29 is 9.21 Å². The lowest BCUT2D eigenvalue weighted by Crippen LogP contribution is -2.17. The molecule has 4 N–H and O–H groups in total. The minimum atomic E-state index is -0.365. The summed E-state index contributed by atoms with van der Waals surface area (Å²) in [6, 6.07) is 5.35. The molecule has 0 fully saturated rings. The Kier molecular flexibility index (Phi) is 3.24. The van der Waals surface area contributed by atoms with Gasteiger partial charge >= 0.3 is 6.01 Å². The number of carbonyl (C=O) groups excluding carboxylic acids is 1. The van der Waals surface area contributed by atoms with Gasteiger partial charge in [0.1, 0.15) is 0 Å². The number of aromatic nitrogens is 2. The molecule has 18 heavy (non-hydrogen) atoms. The third-order valence-electron chi connectivity index (χ3n) is 2.32. The third kappa shape index (κ3) is 2.46. The molecular formula is C11H13N5O2. The zero-order chi connectivity index (χ0) is 13.1. The molecular weight excluding hydrogens is 234 g/mol. The van der Waals surface area contributed by atoms with Crippen LogP contribution in [0, 0.1) is 13.8 Å². The Labute approximate surface area is 103 Å². The average Bonchev–Trinajstić information content (AvgIpc) is 2.74. The number of nitrogen functional groups attached to an aromatic ring is 1. The van der Waals surface area contributed by atoms with Crippen LogP contribution in [0.2, 0.25) is 0 Å². The summed E-state index contributed by atoms with van der Waals surface area (Å²) in [7, 11) is 0. The van der Waals surface area contributed by atoms with Crippen molar-refractivity contribution in [3.63, 3.8) is 0 Å². The lowest BCUT2D eigenvalue weighted by molar-refractivity contribution is 0.102. The van der Waals surface area contributed by atoms with Gasteiger partial charge in [0, 0.05) is 6.92 Å². The Morgan fingerprint density at radius 2 is 2.11 bits per heavy atom. The fourth-order valence-corrected chi connectivity index (χ4v) is 1.48. The summed E-state index contributed by atoms with van der Waals surface area (Å²) in [5.74, 6) is 5.37. The molecule has 0 bridgehead atoms. The molecule has 0 aliphatic heterocycles. The van der Waals surface area contributed by atoms with Crippen LogP contribution in [0.4, 0.5) is 11.7 Å². The summed E-state index contributed by atoms with van der Waals surface area (Å²) < 4.78 is 5.07. The van der Waals surface area contributed by atoms with Crippen LogP contribution in [0.15, 0.2) is 22.6 Å². The number of nitrogens with one attached hydrogen (secondary N) is 2. The smallest absolute Gasteiger partial charge is 0.322 e. The molecule has 7 heteroatoms. The van der Waals surface area contributed by atoms with Crippen molar-refractivity contribution in [2.45, 2.75) is 13.8 Å². The van der Waals surface area contributed by atoms with Crippen LogP contribution >= 0.6 is 0 Å². The van der Waals surface area contributed by atoms with E-state index in [0.717, 1.165) is 5.56 Å². The predicted octanol–water partition coefficient (Wildman–Crippen LogP) is 1.22. The Morgan fingerprint density at radius 1 is 1.33 bits per heavy atom. The second-order valence-corrected chi connectivity index (χ2v) is 3.77. The topological polar surface area (TPSA) is 106 Å². The molecule has 0 spiro atoms. The number of hydrazine groups is 1. The minimum Gasteiger partial charge on any atom is -0.408 e. The zero-order valence-electron chi connectivity index (χ0n) is 10.0. The molecule has 2 aromatic rings. The van der Waals surface area contributed by atoms with E-state index in [9.17, 15) is 4.79 Å². The number of aryl methyl sites for hydroxylation is 2. The van der Waals surface area contributed by atoms with Gasteiger partial charge in [0.05, 0.1) is 11.3 Å². The fourth-order valence-electron chi connectivity index (χ4n) is 1.48. The first-order valence-corrected chi connectivity index (χ1v) is 5.29. The van der Waals surface area contributed by atoms with Gasteiger partial charge in [-0.05, 0) is 19.1 Å². The molecule has 0 aliphatic carbocycles. The number of nitrogens with two attached hydrogens (primary N) is 1. The van der Waals surface area contributed by atoms with E-state index >= 15 is 0 Å². The highest BCUT2D eigenvalue weighted by molar-refractivity contribution is 6.07. The Balaban J connectivity index is 2.25. The number of anilines is 2. The van der Waals surface area contributed by atoms with Crippen molar-refractivity contribution in [2.24, 2.45) is 5.84 Å². The van der Waals surface area contributed by atoms with Crippen LogP contribution < -0.4 is 16.6 Å². The first-order chi connectivity index (χ1) is 8.60. The molecule has 1 aromatic carbocycles. The van der Waals surface area contributed by atoms with E-state index in [1.807, 2.05) is 13.0 Å². The van der Waals surface area contributed by atoms with Gasteiger partial charge in [-0.25, -0.2) is 0 Å². The third-order valence-corrected chi connectivity index (χ3v) is 2.32. The predicted molar refractivity (Wildman–Crippen MR) is 66.0 cm³/mol. The van der Waals surface area contributed by atoms with E-state index in [2.05, 4.69) is 20.9 Å². The van der Waals surface area contributed by atoms with E-state index < -0.39 is 0 Å². The summed E-state index contributed by atoms with van der Waals surface area (Å²) in [4.78, 5) is 12.0. The zero-order valence-corrected chi connectivity index (χ0v) is 10.0. The largest absolute Gasteiger partial charge is 0.408 e. The first kappa shape index (κ1) is 12.1. The average molecular weight is 247 g/mol. The monoisotopic (exact) mass is 247 g/mol. The molecule has 0 aliphatic rings. The molecule has 1 heterocycles. The van der Waals surface area contributed by atoms with Crippen LogP contribution in [-0.2, 0) is 0 Å². The number of carbonyl (C=O) groups is 1. The van der Waals surface area contributed by atoms with Gasteiger partial charge in [-0.3, -0.25) is 16.0 Å². The van der Waals surface area contributed by atoms with Crippen molar-refractivity contribution in [1.29, 1.82) is 0 Å². The number of benzene rings is 1. The van der Waals surface area contributed by atoms with Gasteiger partial charge in [-0.15, -0.1) is 5.10 Å². The van der Waals surface area contributed by atoms with E-state index in [4.69, 9.17) is 10.3 Å². The number of nitrogens with zero attached hydrogens (tertiary/aromatic N) is 2. The quantitative estimate of drug-likeness (QED) is 0.556. The molecule has 1 amide bonds. The van der Waals surface area contributed by atoms with Gasteiger partial charge in [0.2, 0.25) is 5.89 Å². The molecule has 2 rings (SSSR count). The van der Waals surface area contributed by atoms with E-state index in [1.54, 1.807) is 19.1 Å². The molecule has 1 aromatic heterocycles. The summed E-state index contributed by atoms with van der Waals surface area (Å²) in [6.45, 7) is 3.52. The number of amides is 1. The Hall–Kier alpha value is -2.41. The van der Waals surface area contributed by atoms with Crippen LogP contribution in [0.5, 0.6) is 0 Å². The molecule has 0 saturated heterocycles. The van der Waals surface area contributed by atoms with Crippen LogP contribution in [0.1, 0.15) is 21.8 Å². The lowest BCUT2D eigenvalue weighted by Gasteiger charge is -2.08. The molecule has 0 unspecified atom stereocenters. The molecule has 0 atom stereocenters. The molecule has 94 valence electrons. The van der Waals surface area contributed by atoms with Crippen LogP contribution in [0.25, 0.3) is 0 Å². The van der Waals surface area contributed by atoms with E-state index in [1.165, 1.54) is 0 Å². The van der Waals surface area contributed by atoms with Gasteiger partial charge < -0.3 is 9.84 Å². The van der Waals surface area contributed by atoms with Gasteiger partial charge in [-0.2, -0.15) is 0 Å². The summed E-state index contributed by atoms with van der Waals surface area (Å²) >= 11 is 0. The second-order valence-electron chi connectivity index (χ2n) is 3.77. The van der Waals surface area contributed by atoms with Crippen molar-refractivity contribution in [2.75, 3.05) is 10.7 Å². The van der Waals surface area contributed by atoms with Gasteiger partial charge in [0.25, 0.3) is 5.91 Å². The summed E-state index contributed by atoms with van der Waals surface area (Å²) in [5.41, 5.74) is 4.35. The van der Waals surface area contributed by atoms with Crippen molar-refractivity contribution >= 4 is 17.6 Å². The maximum absolute atomic E-state index is 12.0. The highest BCUT2D eigenvalue weighted by Gasteiger charge is 2.14. The maximum atomic E-state index is 12.0. The van der Waals surface area contributed by atoms with Crippen molar-refractivity contribution in [3.05, 3.63) is 35.2 Å².